The highest BCUT2D eigenvalue weighted by molar-refractivity contribution is 6.32. The summed E-state index contributed by atoms with van der Waals surface area (Å²) in [5.41, 5.74) is 0.765. The van der Waals surface area contributed by atoms with E-state index in [0.29, 0.717) is 10.8 Å². The van der Waals surface area contributed by atoms with Gasteiger partial charge < -0.3 is 14.8 Å². The number of nitrogens with one attached hydrogen (secondary N) is 1. The Bertz CT molecular complexity index is 409. The smallest absolute Gasteiger partial charge is 0.327 e. The van der Waals surface area contributed by atoms with E-state index in [2.05, 4.69) is 5.32 Å². The van der Waals surface area contributed by atoms with Crippen LogP contribution in [-0.2, 0) is 9.53 Å². The third-order valence-electron chi connectivity index (χ3n) is 2.54. The van der Waals surface area contributed by atoms with Crippen LogP contribution in [0, 0.1) is 0 Å². The molecule has 4 nitrogen and oxygen atoms in total. The third kappa shape index (κ3) is 3.62. The zero-order chi connectivity index (χ0) is 13.5. The van der Waals surface area contributed by atoms with Crippen molar-refractivity contribution in [2.75, 3.05) is 20.8 Å². The molecule has 0 bridgehead atoms. The topological polar surface area (TPSA) is 47.6 Å². The summed E-state index contributed by atoms with van der Waals surface area (Å²) in [6.45, 7) is 2.76. The number of hydrogen-bond donors (Lipinski definition) is 1. The molecule has 1 unspecified atom stereocenters. The van der Waals surface area contributed by atoms with Crippen LogP contribution in [0.3, 0.4) is 0 Å². The normalized spacial score (nSPS) is 12.0. The lowest BCUT2D eigenvalue weighted by Crippen LogP contribution is -2.30. The summed E-state index contributed by atoms with van der Waals surface area (Å²) in [5.74, 6) is 0.254. The number of methoxy groups -OCH3 is 2. The zero-order valence-electron chi connectivity index (χ0n) is 10.8. The SMILES string of the molecule is CCCNC(C(=O)OC)c1ccc(OC)c(Cl)c1. The van der Waals surface area contributed by atoms with Gasteiger partial charge >= 0.3 is 5.97 Å². The van der Waals surface area contributed by atoms with Crippen molar-refractivity contribution in [3.63, 3.8) is 0 Å². The second-order valence-electron chi connectivity index (χ2n) is 3.80. The number of carbonyl (C=O) groups excluding carboxylic acids is 1. The summed E-state index contributed by atoms with van der Waals surface area (Å²) >= 11 is 6.05. The van der Waals surface area contributed by atoms with Gasteiger partial charge in [0.05, 0.1) is 19.2 Å². The Hall–Kier alpha value is -1.26. The minimum atomic E-state index is -0.502. The fourth-order valence-corrected chi connectivity index (χ4v) is 1.87. The van der Waals surface area contributed by atoms with Gasteiger partial charge in [-0.3, -0.25) is 0 Å². The number of ether oxygens (including phenoxy) is 2. The molecule has 0 aromatic heterocycles. The van der Waals surface area contributed by atoms with Gasteiger partial charge in [0.15, 0.2) is 0 Å². The van der Waals surface area contributed by atoms with Gasteiger partial charge in [0.1, 0.15) is 11.8 Å². The first kappa shape index (κ1) is 14.8. The first-order valence-electron chi connectivity index (χ1n) is 5.78. The molecule has 100 valence electrons. The number of halogens is 1. The molecule has 0 aliphatic rings. The van der Waals surface area contributed by atoms with Crippen molar-refractivity contribution in [1.29, 1.82) is 0 Å². The van der Waals surface area contributed by atoms with Crippen molar-refractivity contribution in [3.8, 4) is 5.75 Å². The van der Waals surface area contributed by atoms with Crippen LogP contribution in [0.25, 0.3) is 0 Å². The van der Waals surface area contributed by atoms with Gasteiger partial charge in [0.25, 0.3) is 0 Å². The van der Waals surface area contributed by atoms with Crippen molar-refractivity contribution < 1.29 is 14.3 Å². The molecule has 0 spiro atoms. The van der Waals surface area contributed by atoms with Gasteiger partial charge in [-0.2, -0.15) is 0 Å². The molecular weight excluding hydrogens is 254 g/mol. The number of rotatable bonds is 6. The van der Waals surface area contributed by atoms with Crippen molar-refractivity contribution in [2.45, 2.75) is 19.4 Å². The molecule has 1 N–H and O–H groups in total. The number of esters is 1. The molecule has 1 aromatic carbocycles. The lowest BCUT2D eigenvalue weighted by molar-refractivity contribution is -0.143. The maximum absolute atomic E-state index is 11.7. The summed E-state index contributed by atoms with van der Waals surface area (Å²) in [6.07, 6.45) is 0.928. The van der Waals surface area contributed by atoms with E-state index < -0.39 is 6.04 Å². The molecule has 0 saturated heterocycles. The van der Waals surface area contributed by atoms with E-state index in [4.69, 9.17) is 21.1 Å². The predicted molar refractivity (Wildman–Crippen MR) is 71.1 cm³/mol. The molecule has 1 rings (SSSR count). The largest absolute Gasteiger partial charge is 0.495 e. The van der Waals surface area contributed by atoms with E-state index >= 15 is 0 Å². The van der Waals surface area contributed by atoms with E-state index in [1.165, 1.54) is 7.11 Å². The van der Waals surface area contributed by atoms with Crippen LogP contribution in [0.4, 0.5) is 0 Å². The third-order valence-corrected chi connectivity index (χ3v) is 2.84. The Balaban J connectivity index is 2.97. The van der Waals surface area contributed by atoms with Crippen molar-refractivity contribution in [2.24, 2.45) is 0 Å². The lowest BCUT2D eigenvalue weighted by Gasteiger charge is -2.17. The highest BCUT2D eigenvalue weighted by atomic mass is 35.5. The van der Waals surface area contributed by atoms with E-state index in [9.17, 15) is 4.79 Å². The lowest BCUT2D eigenvalue weighted by atomic mass is 10.1. The summed E-state index contributed by atoms with van der Waals surface area (Å²) in [4.78, 5) is 11.7. The number of carbonyl (C=O) groups is 1. The summed E-state index contributed by atoms with van der Waals surface area (Å²) in [6, 6.07) is 4.75. The maximum Gasteiger partial charge on any atom is 0.327 e. The van der Waals surface area contributed by atoms with Crippen LogP contribution in [0.1, 0.15) is 24.9 Å². The van der Waals surface area contributed by atoms with Crippen LogP contribution in [0.2, 0.25) is 5.02 Å². The minimum Gasteiger partial charge on any atom is -0.495 e. The molecular formula is C13H18ClNO3. The highest BCUT2D eigenvalue weighted by Gasteiger charge is 2.21. The summed E-state index contributed by atoms with van der Waals surface area (Å²) < 4.78 is 9.86. The van der Waals surface area contributed by atoms with Crippen molar-refractivity contribution >= 4 is 17.6 Å². The van der Waals surface area contributed by atoms with Gasteiger partial charge in [-0.25, -0.2) is 4.79 Å². The Kier molecular flexibility index (Phi) is 5.95. The van der Waals surface area contributed by atoms with Crippen LogP contribution in [-0.4, -0.2) is 26.7 Å². The summed E-state index contributed by atoms with van der Waals surface area (Å²) in [5, 5.41) is 3.60. The fraction of sp³-hybridized carbons (Fsp3) is 0.462. The fourth-order valence-electron chi connectivity index (χ4n) is 1.61. The molecule has 0 saturated carbocycles. The molecule has 0 heterocycles. The van der Waals surface area contributed by atoms with Crippen molar-refractivity contribution in [1.82, 2.24) is 5.32 Å². The Labute approximate surface area is 112 Å². The highest BCUT2D eigenvalue weighted by Crippen LogP contribution is 2.28. The molecule has 0 fully saturated rings. The Morgan fingerprint density at radius 3 is 2.67 bits per heavy atom. The average Bonchev–Trinajstić information content (AvgIpc) is 2.39. The van der Waals surface area contributed by atoms with Gasteiger partial charge in [-0.15, -0.1) is 0 Å². The zero-order valence-corrected chi connectivity index (χ0v) is 11.6. The van der Waals surface area contributed by atoms with E-state index in [1.54, 1.807) is 25.3 Å². The molecule has 5 heteroatoms. The monoisotopic (exact) mass is 271 g/mol. The Morgan fingerprint density at radius 2 is 2.17 bits per heavy atom. The second-order valence-corrected chi connectivity index (χ2v) is 4.21. The molecule has 0 radical (unpaired) electrons. The Morgan fingerprint density at radius 1 is 1.44 bits per heavy atom. The average molecular weight is 272 g/mol. The van der Waals surface area contributed by atoms with Crippen LogP contribution in [0.5, 0.6) is 5.75 Å². The van der Waals surface area contributed by atoms with Gasteiger partial charge in [0, 0.05) is 0 Å². The molecule has 18 heavy (non-hydrogen) atoms. The quantitative estimate of drug-likeness (QED) is 0.808. The second kappa shape index (κ2) is 7.24. The predicted octanol–water partition coefficient (Wildman–Crippen LogP) is 2.56. The van der Waals surface area contributed by atoms with Gasteiger partial charge in [-0.1, -0.05) is 24.6 Å². The summed E-state index contributed by atoms with van der Waals surface area (Å²) in [7, 11) is 2.92. The van der Waals surface area contributed by atoms with Crippen LogP contribution < -0.4 is 10.1 Å². The van der Waals surface area contributed by atoms with Crippen LogP contribution in [0.15, 0.2) is 18.2 Å². The van der Waals surface area contributed by atoms with Gasteiger partial charge in [-0.05, 0) is 30.7 Å². The molecule has 0 aliphatic carbocycles. The molecule has 1 atom stereocenters. The molecule has 0 aliphatic heterocycles. The van der Waals surface area contributed by atoms with E-state index in [0.717, 1.165) is 18.5 Å². The first-order chi connectivity index (χ1) is 8.63. The first-order valence-corrected chi connectivity index (χ1v) is 6.16. The van der Waals surface area contributed by atoms with Gasteiger partial charge in [0.2, 0.25) is 0 Å². The van der Waals surface area contributed by atoms with E-state index in [-0.39, 0.29) is 5.97 Å². The number of hydrogen-bond acceptors (Lipinski definition) is 4. The molecule has 0 amide bonds. The molecule has 1 aromatic rings. The van der Waals surface area contributed by atoms with Crippen molar-refractivity contribution in [3.05, 3.63) is 28.8 Å². The minimum absolute atomic E-state index is 0.329. The van der Waals surface area contributed by atoms with E-state index in [1.807, 2.05) is 6.92 Å². The van der Waals surface area contributed by atoms with Crippen LogP contribution >= 0.6 is 11.6 Å². The standard InChI is InChI=1S/C13H18ClNO3/c1-4-7-15-12(13(16)18-3)9-5-6-11(17-2)10(14)8-9/h5-6,8,12,15H,4,7H2,1-3H3. The number of benzene rings is 1. The maximum atomic E-state index is 11.7.